The standard InChI is InChI=1S/C14H20N4O2/c1-4-9(2)14(3,20)8-15-13(19)10-6-5-7-11-12(10)17-18-16-11/h5-7,9,20H,4,8H2,1-3H3,(H,15,19)(H,16,17,18)/t9-,14+/m0/s1. The molecule has 1 heterocycles. The number of carbonyl (C=O) groups is 1. The van der Waals surface area contributed by atoms with Crippen LogP contribution in [0.3, 0.4) is 0 Å². The predicted octanol–water partition coefficient (Wildman–Crippen LogP) is 1.48. The van der Waals surface area contributed by atoms with Crippen molar-refractivity contribution in [3.8, 4) is 0 Å². The lowest BCUT2D eigenvalue weighted by molar-refractivity contribution is 0.00594. The van der Waals surface area contributed by atoms with E-state index in [1.807, 2.05) is 13.8 Å². The van der Waals surface area contributed by atoms with Gasteiger partial charge in [-0.15, -0.1) is 0 Å². The molecule has 0 radical (unpaired) electrons. The third-order valence-corrected chi connectivity index (χ3v) is 3.87. The Morgan fingerprint density at radius 1 is 1.50 bits per heavy atom. The van der Waals surface area contributed by atoms with Crippen molar-refractivity contribution in [3.05, 3.63) is 23.8 Å². The Morgan fingerprint density at radius 2 is 2.25 bits per heavy atom. The van der Waals surface area contributed by atoms with Crippen LogP contribution in [-0.2, 0) is 0 Å². The van der Waals surface area contributed by atoms with Crippen LogP contribution in [0.15, 0.2) is 18.2 Å². The zero-order chi connectivity index (χ0) is 14.8. The fourth-order valence-corrected chi connectivity index (χ4v) is 2.02. The van der Waals surface area contributed by atoms with E-state index < -0.39 is 5.60 Å². The van der Waals surface area contributed by atoms with Gasteiger partial charge in [0.15, 0.2) is 0 Å². The average molecular weight is 276 g/mol. The number of aromatic nitrogens is 3. The minimum absolute atomic E-state index is 0.102. The molecule has 0 fully saturated rings. The molecule has 0 saturated carbocycles. The van der Waals surface area contributed by atoms with Crippen molar-refractivity contribution in [2.75, 3.05) is 6.54 Å². The number of H-pyrrole nitrogens is 1. The first-order valence-electron chi connectivity index (χ1n) is 6.75. The van der Waals surface area contributed by atoms with Gasteiger partial charge < -0.3 is 10.4 Å². The zero-order valence-corrected chi connectivity index (χ0v) is 12.0. The summed E-state index contributed by atoms with van der Waals surface area (Å²) in [6.07, 6.45) is 0.849. The van der Waals surface area contributed by atoms with E-state index in [2.05, 4.69) is 20.7 Å². The van der Waals surface area contributed by atoms with Crippen LogP contribution in [0.1, 0.15) is 37.6 Å². The Morgan fingerprint density at radius 3 is 2.95 bits per heavy atom. The second-order valence-electron chi connectivity index (χ2n) is 5.35. The van der Waals surface area contributed by atoms with Gasteiger partial charge in [-0.3, -0.25) is 4.79 Å². The fraction of sp³-hybridized carbons (Fsp3) is 0.500. The third-order valence-electron chi connectivity index (χ3n) is 3.87. The van der Waals surface area contributed by atoms with E-state index in [1.165, 1.54) is 0 Å². The summed E-state index contributed by atoms with van der Waals surface area (Å²) < 4.78 is 0. The Hall–Kier alpha value is -1.95. The Kier molecular flexibility index (Phi) is 4.04. The van der Waals surface area contributed by atoms with Crippen molar-refractivity contribution in [1.82, 2.24) is 20.7 Å². The molecule has 0 spiro atoms. The molecule has 1 amide bonds. The maximum absolute atomic E-state index is 12.2. The maximum atomic E-state index is 12.2. The number of para-hydroxylation sites is 1. The van der Waals surface area contributed by atoms with E-state index in [0.29, 0.717) is 16.6 Å². The SMILES string of the molecule is CC[C@H](C)[C@](C)(O)CNC(=O)c1cccc2n[nH]nc12. The van der Waals surface area contributed by atoms with E-state index in [9.17, 15) is 9.90 Å². The van der Waals surface area contributed by atoms with Crippen LogP contribution in [0.2, 0.25) is 0 Å². The van der Waals surface area contributed by atoms with Crippen molar-refractivity contribution in [2.45, 2.75) is 32.8 Å². The Labute approximate surface area is 117 Å². The van der Waals surface area contributed by atoms with Gasteiger partial charge in [0, 0.05) is 6.54 Å². The lowest BCUT2D eigenvalue weighted by atomic mass is 9.88. The number of nitrogens with one attached hydrogen (secondary N) is 2. The quantitative estimate of drug-likeness (QED) is 0.771. The van der Waals surface area contributed by atoms with Crippen LogP contribution in [0, 0.1) is 5.92 Å². The first kappa shape index (κ1) is 14.5. The van der Waals surface area contributed by atoms with E-state index in [0.717, 1.165) is 6.42 Å². The van der Waals surface area contributed by atoms with Gasteiger partial charge in [-0.25, -0.2) is 0 Å². The molecule has 0 aliphatic rings. The second kappa shape index (κ2) is 5.58. The molecule has 20 heavy (non-hydrogen) atoms. The molecule has 108 valence electrons. The third kappa shape index (κ3) is 2.80. The monoisotopic (exact) mass is 276 g/mol. The largest absolute Gasteiger partial charge is 0.388 e. The Balaban J connectivity index is 2.11. The molecule has 2 rings (SSSR count). The molecule has 1 aromatic carbocycles. The fourth-order valence-electron chi connectivity index (χ4n) is 2.02. The topological polar surface area (TPSA) is 90.9 Å². The number of hydrogen-bond acceptors (Lipinski definition) is 4. The number of aromatic amines is 1. The average Bonchev–Trinajstić information content (AvgIpc) is 2.92. The molecular weight excluding hydrogens is 256 g/mol. The number of carbonyl (C=O) groups excluding carboxylic acids is 1. The molecule has 2 aromatic rings. The molecule has 6 heteroatoms. The van der Waals surface area contributed by atoms with Gasteiger partial charge in [0.05, 0.1) is 11.2 Å². The summed E-state index contributed by atoms with van der Waals surface area (Å²) in [5.41, 5.74) is 0.706. The number of benzene rings is 1. The summed E-state index contributed by atoms with van der Waals surface area (Å²) >= 11 is 0. The maximum Gasteiger partial charge on any atom is 0.253 e. The summed E-state index contributed by atoms with van der Waals surface area (Å²) in [5, 5.41) is 23.5. The van der Waals surface area contributed by atoms with E-state index in [1.54, 1.807) is 25.1 Å². The van der Waals surface area contributed by atoms with Crippen LogP contribution in [0.5, 0.6) is 0 Å². The van der Waals surface area contributed by atoms with Crippen LogP contribution in [0.4, 0.5) is 0 Å². The summed E-state index contributed by atoms with van der Waals surface area (Å²) in [5.74, 6) is -0.154. The van der Waals surface area contributed by atoms with Crippen LogP contribution >= 0.6 is 0 Å². The number of nitrogens with zero attached hydrogens (tertiary/aromatic N) is 2. The van der Waals surface area contributed by atoms with Gasteiger partial charge in [0.25, 0.3) is 5.91 Å². The van der Waals surface area contributed by atoms with E-state index in [4.69, 9.17) is 0 Å². The summed E-state index contributed by atoms with van der Waals surface area (Å²) in [7, 11) is 0. The molecule has 0 bridgehead atoms. The molecule has 3 N–H and O–H groups in total. The summed E-state index contributed by atoms with van der Waals surface area (Å²) in [6.45, 7) is 5.91. The smallest absolute Gasteiger partial charge is 0.253 e. The van der Waals surface area contributed by atoms with Gasteiger partial charge >= 0.3 is 0 Å². The highest BCUT2D eigenvalue weighted by atomic mass is 16.3. The van der Waals surface area contributed by atoms with E-state index >= 15 is 0 Å². The highest BCUT2D eigenvalue weighted by Crippen LogP contribution is 2.19. The molecule has 0 unspecified atom stereocenters. The van der Waals surface area contributed by atoms with Crippen molar-refractivity contribution in [1.29, 1.82) is 0 Å². The number of amides is 1. The normalized spacial score (nSPS) is 15.8. The Bertz CT molecular complexity index is 606. The van der Waals surface area contributed by atoms with Gasteiger partial charge in [-0.1, -0.05) is 26.3 Å². The first-order chi connectivity index (χ1) is 9.45. The van der Waals surface area contributed by atoms with Crippen molar-refractivity contribution < 1.29 is 9.90 Å². The van der Waals surface area contributed by atoms with Crippen LogP contribution < -0.4 is 5.32 Å². The molecule has 0 aliphatic heterocycles. The number of rotatable bonds is 5. The molecule has 0 aliphatic carbocycles. The lowest BCUT2D eigenvalue weighted by Crippen LogP contribution is -2.45. The molecule has 2 atom stereocenters. The van der Waals surface area contributed by atoms with E-state index in [-0.39, 0.29) is 18.4 Å². The number of hydrogen-bond donors (Lipinski definition) is 3. The highest BCUT2D eigenvalue weighted by molar-refractivity contribution is 6.04. The molecular formula is C14H20N4O2. The zero-order valence-electron chi connectivity index (χ0n) is 12.0. The van der Waals surface area contributed by atoms with Crippen molar-refractivity contribution in [3.63, 3.8) is 0 Å². The number of aliphatic hydroxyl groups is 1. The second-order valence-corrected chi connectivity index (χ2v) is 5.35. The lowest BCUT2D eigenvalue weighted by Gasteiger charge is -2.29. The van der Waals surface area contributed by atoms with Gasteiger partial charge in [0.2, 0.25) is 0 Å². The highest BCUT2D eigenvalue weighted by Gasteiger charge is 2.27. The first-order valence-corrected chi connectivity index (χ1v) is 6.75. The van der Waals surface area contributed by atoms with Crippen molar-refractivity contribution >= 4 is 16.9 Å². The molecule has 1 aromatic heterocycles. The molecule has 0 saturated heterocycles. The van der Waals surface area contributed by atoms with Gasteiger partial charge in [-0.2, -0.15) is 15.4 Å². The molecule has 6 nitrogen and oxygen atoms in total. The van der Waals surface area contributed by atoms with Gasteiger partial charge in [-0.05, 0) is 25.0 Å². The van der Waals surface area contributed by atoms with Crippen LogP contribution in [-0.4, -0.2) is 38.6 Å². The van der Waals surface area contributed by atoms with Crippen LogP contribution in [0.25, 0.3) is 11.0 Å². The minimum atomic E-state index is -0.928. The minimum Gasteiger partial charge on any atom is -0.388 e. The van der Waals surface area contributed by atoms with Gasteiger partial charge in [0.1, 0.15) is 11.0 Å². The van der Waals surface area contributed by atoms with Crippen molar-refractivity contribution in [2.24, 2.45) is 5.92 Å². The predicted molar refractivity (Wildman–Crippen MR) is 76.3 cm³/mol. The number of fused-ring (bicyclic) bond motifs is 1. The summed E-state index contributed by atoms with van der Waals surface area (Å²) in [6, 6.07) is 5.23. The summed E-state index contributed by atoms with van der Waals surface area (Å²) in [4.78, 5) is 12.2.